The third-order valence-corrected chi connectivity index (χ3v) is 9.99. The van der Waals surface area contributed by atoms with E-state index in [4.69, 9.17) is 4.74 Å². The number of nitrogens with one attached hydrogen (secondary N) is 5. The fourth-order valence-electron chi connectivity index (χ4n) is 5.88. The monoisotopic (exact) mass is 817 g/mol. The second-order valence-electron chi connectivity index (χ2n) is 13.5. The molecular formula is C46H51N5O7S. The molecule has 5 rings (SSSR count). The largest absolute Gasteiger partial charge is 0.486 e. The Bertz CT molecular complexity index is 2050. The summed E-state index contributed by atoms with van der Waals surface area (Å²) in [5.41, 5.74) is 5.23. The fourth-order valence-corrected chi connectivity index (χ4v) is 6.63. The van der Waals surface area contributed by atoms with E-state index in [-0.39, 0.29) is 38.4 Å². The number of amides is 4. The van der Waals surface area contributed by atoms with E-state index in [0.29, 0.717) is 36.7 Å². The average molecular weight is 818 g/mol. The predicted octanol–water partition coefficient (Wildman–Crippen LogP) is 4.91. The van der Waals surface area contributed by atoms with Crippen LogP contribution in [0.25, 0.3) is 11.1 Å². The van der Waals surface area contributed by atoms with Crippen LogP contribution in [0.15, 0.2) is 127 Å². The van der Waals surface area contributed by atoms with Crippen molar-refractivity contribution >= 4 is 47.5 Å². The molecule has 4 amide bonds. The van der Waals surface area contributed by atoms with E-state index in [1.807, 2.05) is 53.9 Å². The molecule has 0 radical (unpaired) electrons. The van der Waals surface area contributed by atoms with Gasteiger partial charge in [-0.2, -0.15) is 0 Å². The average Bonchev–Trinajstić information content (AvgIpc) is 3.79. The van der Waals surface area contributed by atoms with E-state index < -0.39 is 35.8 Å². The van der Waals surface area contributed by atoms with Crippen molar-refractivity contribution in [3.05, 3.63) is 148 Å². The molecule has 59 heavy (non-hydrogen) atoms. The van der Waals surface area contributed by atoms with Crippen LogP contribution in [-0.2, 0) is 41.6 Å². The maximum absolute atomic E-state index is 13.7. The van der Waals surface area contributed by atoms with Crippen LogP contribution >= 0.6 is 11.3 Å². The summed E-state index contributed by atoms with van der Waals surface area (Å²) < 4.78 is 5.28. The van der Waals surface area contributed by atoms with Gasteiger partial charge in [-0.15, -0.1) is 11.3 Å². The minimum atomic E-state index is -1.16. The van der Waals surface area contributed by atoms with Crippen molar-refractivity contribution in [3.8, 4) is 16.9 Å². The van der Waals surface area contributed by atoms with Crippen molar-refractivity contribution in [2.45, 2.75) is 50.7 Å². The van der Waals surface area contributed by atoms with Crippen molar-refractivity contribution in [3.63, 3.8) is 0 Å². The molecule has 0 aliphatic rings. The van der Waals surface area contributed by atoms with Gasteiger partial charge in [0.25, 0.3) is 0 Å². The maximum Gasteiger partial charge on any atom is 0.247 e. The number of likely N-dealkylation sites (N-methyl/N-ethyl adjacent to an activating group) is 1. The molecule has 12 nitrogen and oxygen atoms in total. The number of carbonyl (C=O) groups is 6. The van der Waals surface area contributed by atoms with Gasteiger partial charge in [-0.1, -0.05) is 109 Å². The van der Waals surface area contributed by atoms with Gasteiger partial charge in [-0.05, 0) is 72.6 Å². The van der Waals surface area contributed by atoms with Crippen molar-refractivity contribution in [1.82, 2.24) is 26.6 Å². The first-order chi connectivity index (χ1) is 28.7. The smallest absolute Gasteiger partial charge is 0.247 e. The van der Waals surface area contributed by atoms with E-state index in [9.17, 15) is 28.8 Å². The summed E-state index contributed by atoms with van der Waals surface area (Å²) in [7, 11) is 1.67. The van der Waals surface area contributed by atoms with E-state index in [1.165, 1.54) is 28.0 Å². The summed E-state index contributed by atoms with van der Waals surface area (Å²) in [5, 5.41) is 15.6. The first kappa shape index (κ1) is 45.3. The van der Waals surface area contributed by atoms with E-state index in [2.05, 4.69) is 82.0 Å². The number of thiophene rings is 1. The van der Waals surface area contributed by atoms with Crippen LogP contribution in [0.2, 0.25) is 0 Å². The highest BCUT2D eigenvalue weighted by Gasteiger charge is 2.28. The molecule has 0 saturated carbocycles. The highest BCUT2D eigenvalue weighted by atomic mass is 32.1. The molecule has 3 atom stereocenters. The summed E-state index contributed by atoms with van der Waals surface area (Å²) in [5.74, 6) is -1.70. The van der Waals surface area contributed by atoms with Gasteiger partial charge in [0.05, 0.1) is 12.6 Å². The summed E-state index contributed by atoms with van der Waals surface area (Å²) in [6.45, 7) is 1.69. The maximum atomic E-state index is 13.7. The Labute approximate surface area is 349 Å². The third-order valence-electron chi connectivity index (χ3n) is 9.09. The molecule has 1 heterocycles. The van der Waals surface area contributed by atoms with Gasteiger partial charge in [-0.3, -0.25) is 24.0 Å². The molecule has 13 heteroatoms. The summed E-state index contributed by atoms with van der Waals surface area (Å²) in [6, 6.07) is 35.8. The van der Waals surface area contributed by atoms with Gasteiger partial charge in [-0.25, -0.2) is 0 Å². The van der Waals surface area contributed by atoms with Gasteiger partial charge < -0.3 is 36.1 Å². The van der Waals surface area contributed by atoms with E-state index >= 15 is 0 Å². The number of aryl methyl sites for hydroxylation is 2. The molecular weight excluding hydrogens is 767 g/mol. The Hall–Kier alpha value is -6.44. The Morgan fingerprint density at radius 1 is 0.695 bits per heavy atom. The number of aldehydes is 2. The molecule has 0 bridgehead atoms. The normalized spacial score (nSPS) is 12.0. The molecule has 0 spiro atoms. The topological polar surface area (TPSA) is 172 Å². The lowest BCUT2D eigenvalue weighted by atomic mass is 10.0. The molecule has 0 unspecified atom stereocenters. The molecule has 5 aromatic rings. The van der Waals surface area contributed by atoms with Crippen LogP contribution in [0.5, 0.6) is 5.75 Å². The zero-order valence-corrected chi connectivity index (χ0v) is 34.0. The van der Waals surface area contributed by atoms with Gasteiger partial charge in [0.2, 0.25) is 23.6 Å². The molecule has 4 aromatic carbocycles. The summed E-state index contributed by atoms with van der Waals surface area (Å²) in [6.07, 6.45) is 2.50. The standard InChI is InChI=1S/C33H39N5O7S.C13H12/c1-34-28(21-26-9-5-20-46-26)31(42)36-22-29(41)37-27(15-10-23-7-3-2-4-8-23)32(43)38-30(33(44)35-16-6-17-39)24-11-13-25(14-12-24)45-19-18-40;1-11-7-9-13(10-8-11)12-5-3-2-4-6-12/h2-5,7-9,11-14,17-18,20,27-28,30,34H,6,10,15-16,19,21-22H2,1H3,(H,35,44)(H,36,42)(H,37,41)(H,38,43);2-10H,1H3/t27-,28-,30+;/m1./s1. The third kappa shape index (κ3) is 15.8. The minimum absolute atomic E-state index is 0.0726. The van der Waals surface area contributed by atoms with Crippen LogP contribution < -0.4 is 31.3 Å². The molecule has 0 fully saturated rings. The summed E-state index contributed by atoms with van der Waals surface area (Å²) in [4.78, 5) is 75.1. The first-order valence-corrected chi connectivity index (χ1v) is 20.2. The van der Waals surface area contributed by atoms with Gasteiger partial charge in [0, 0.05) is 24.3 Å². The van der Waals surface area contributed by atoms with Gasteiger partial charge in [0.1, 0.15) is 30.7 Å². The zero-order valence-electron chi connectivity index (χ0n) is 33.2. The van der Waals surface area contributed by atoms with Crippen molar-refractivity contribution < 1.29 is 33.5 Å². The first-order valence-electron chi connectivity index (χ1n) is 19.3. The molecule has 5 N–H and O–H groups in total. The highest BCUT2D eigenvalue weighted by molar-refractivity contribution is 7.09. The fraction of sp³-hybridized carbons (Fsp3) is 0.261. The van der Waals surface area contributed by atoms with Crippen LogP contribution in [0.4, 0.5) is 0 Å². The molecule has 308 valence electrons. The van der Waals surface area contributed by atoms with Gasteiger partial charge in [0.15, 0.2) is 6.29 Å². The number of rotatable bonds is 21. The van der Waals surface area contributed by atoms with Crippen LogP contribution in [0.3, 0.4) is 0 Å². The quantitative estimate of drug-likeness (QED) is 0.0514. The van der Waals surface area contributed by atoms with Crippen LogP contribution in [0.1, 0.15) is 40.5 Å². The van der Waals surface area contributed by atoms with Gasteiger partial charge >= 0.3 is 0 Å². The highest BCUT2D eigenvalue weighted by Crippen LogP contribution is 2.20. The predicted molar refractivity (Wildman–Crippen MR) is 230 cm³/mol. The summed E-state index contributed by atoms with van der Waals surface area (Å²) >= 11 is 1.53. The number of hydrogen-bond donors (Lipinski definition) is 5. The SMILES string of the molecule is CN[C@H](Cc1cccs1)C(=O)NCC(=O)N[C@H](CCc1ccccc1)C(=O)N[C@H](C(=O)NCCC=O)c1ccc(OCC=O)cc1.Cc1ccc(-c2ccccc2)cc1. The second kappa shape index (κ2) is 25.0. The lowest BCUT2D eigenvalue weighted by Crippen LogP contribution is -2.53. The Kier molecular flexibility index (Phi) is 19.2. The van der Waals surface area contributed by atoms with E-state index in [1.54, 1.807) is 31.3 Å². The Morgan fingerprint density at radius 2 is 1.37 bits per heavy atom. The number of ether oxygens (including phenoxy) is 1. The van der Waals surface area contributed by atoms with Crippen molar-refractivity contribution in [2.24, 2.45) is 0 Å². The molecule has 0 aliphatic heterocycles. The lowest BCUT2D eigenvalue weighted by molar-refractivity contribution is -0.132. The number of benzene rings is 4. The molecule has 1 aromatic heterocycles. The second-order valence-corrected chi connectivity index (χ2v) is 14.5. The van der Waals surface area contributed by atoms with Crippen molar-refractivity contribution in [1.29, 1.82) is 0 Å². The zero-order chi connectivity index (χ0) is 42.2. The van der Waals surface area contributed by atoms with Crippen LogP contribution in [0, 0.1) is 6.92 Å². The number of carbonyl (C=O) groups excluding carboxylic acids is 6. The number of hydrogen-bond acceptors (Lipinski definition) is 9. The Balaban J connectivity index is 0.000000496. The van der Waals surface area contributed by atoms with E-state index in [0.717, 1.165) is 10.4 Å². The lowest BCUT2D eigenvalue weighted by Gasteiger charge is -2.24. The van der Waals surface area contributed by atoms with Crippen molar-refractivity contribution in [2.75, 3.05) is 26.7 Å². The molecule has 0 saturated heterocycles. The Morgan fingerprint density at radius 3 is 2.00 bits per heavy atom. The van der Waals surface area contributed by atoms with Crippen LogP contribution in [-0.4, -0.2) is 75.0 Å². The minimum Gasteiger partial charge on any atom is -0.486 e. The molecule has 0 aliphatic carbocycles.